The van der Waals surface area contributed by atoms with Crippen LogP contribution < -0.4 is 10.1 Å². The Morgan fingerprint density at radius 3 is 2.30 bits per heavy atom. The van der Waals surface area contributed by atoms with Crippen molar-refractivity contribution in [3.63, 3.8) is 0 Å². The molecule has 4 nitrogen and oxygen atoms in total. The third kappa shape index (κ3) is 6.24. The zero-order valence-corrected chi connectivity index (χ0v) is 20.9. The summed E-state index contributed by atoms with van der Waals surface area (Å²) in [6, 6.07) is 7.26. The summed E-state index contributed by atoms with van der Waals surface area (Å²) >= 11 is 0. The Morgan fingerprint density at radius 1 is 1.06 bits per heavy atom. The van der Waals surface area contributed by atoms with Gasteiger partial charge in [0, 0.05) is 23.6 Å². The minimum absolute atomic E-state index is 0.0652. The number of nitrogens with one attached hydrogen (secondary N) is 1. The zero-order chi connectivity index (χ0) is 25.0. The van der Waals surface area contributed by atoms with E-state index < -0.39 is 23.3 Å². The number of carbonyl (C=O) groups is 1. The van der Waals surface area contributed by atoms with Crippen LogP contribution in [0.3, 0.4) is 0 Å². The van der Waals surface area contributed by atoms with Gasteiger partial charge in [0.2, 0.25) is 5.91 Å². The molecule has 2 rings (SSSR count). The Hall–Kier alpha value is -2.63. The summed E-state index contributed by atoms with van der Waals surface area (Å²) in [6.45, 7) is 14.7. The number of anilines is 1. The summed E-state index contributed by atoms with van der Waals surface area (Å²) < 4.78 is 33.6. The SMILES string of the molecule is CCC(C)(C)c1ccc(OCCCC(=O)Nc2cc(F)c(C)c(F)c2O)c(C(C)(C)CC)c1. The molecule has 0 saturated carbocycles. The maximum absolute atomic E-state index is 13.8. The van der Waals surface area contributed by atoms with E-state index in [0.29, 0.717) is 13.0 Å². The Kier molecular flexibility index (Phi) is 8.50. The number of carbonyl (C=O) groups excluding carboxylic acids is 1. The molecule has 1 amide bonds. The fourth-order valence-electron chi connectivity index (χ4n) is 3.43. The number of amides is 1. The van der Waals surface area contributed by atoms with E-state index in [-0.39, 0.29) is 28.5 Å². The van der Waals surface area contributed by atoms with Crippen molar-refractivity contribution in [3.05, 3.63) is 52.6 Å². The van der Waals surface area contributed by atoms with E-state index >= 15 is 0 Å². The summed E-state index contributed by atoms with van der Waals surface area (Å²) in [5.74, 6) is -2.32. The highest BCUT2D eigenvalue weighted by Crippen LogP contribution is 2.38. The molecule has 2 N–H and O–H groups in total. The molecule has 0 aliphatic carbocycles. The second-order valence-electron chi connectivity index (χ2n) is 9.88. The van der Waals surface area contributed by atoms with Crippen LogP contribution in [-0.2, 0) is 15.6 Å². The average molecular weight is 462 g/mol. The lowest BCUT2D eigenvalue weighted by Gasteiger charge is -2.30. The number of ether oxygens (including phenoxy) is 1. The Labute approximate surface area is 196 Å². The van der Waals surface area contributed by atoms with Crippen molar-refractivity contribution in [3.8, 4) is 11.5 Å². The summed E-state index contributed by atoms with van der Waals surface area (Å²) in [7, 11) is 0. The molecule has 2 aromatic rings. The molecule has 0 aliphatic rings. The Bertz CT molecular complexity index is 999. The highest BCUT2D eigenvalue weighted by Gasteiger charge is 2.26. The van der Waals surface area contributed by atoms with Crippen LogP contribution in [0.25, 0.3) is 0 Å². The van der Waals surface area contributed by atoms with Gasteiger partial charge in [-0.1, -0.05) is 53.7 Å². The third-order valence-electron chi connectivity index (χ3n) is 6.76. The molecule has 2 aromatic carbocycles. The second-order valence-corrected chi connectivity index (χ2v) is 9.88. The smallest absolute Gasteiger partial charge is 0.224 e. The number of halogens is 2. The molecule has 0 bridgehead atoms. The molecule has 0 atom stereocenters. The fourth-order valence-corrected chi connectivity index (χ4v) is 3.43. The fraction of sp³-hybridized carbons (Fsp3) is 0.519. The third-order valence-corrected chi connectivity index (χ3v) is 6.76. The van der Waals surface area contributed by atoms with Crippen molar-refractivity contribution >= 4 is 11.6 Å². The zero-order valence-electron chi connectivity index (χ0n) is 20.9. The van der Waals surface area contributed by atoms with Crippen LogP contribution in [0.5, 0.6) is 11.5 Å². The highest BCUT2D eigenvalue weighted by atomic mass is 19.1. The molecule has 0 heterocycles. The first kappa shape index (κ1) is 26.6. The molecule has 0 aromatic heterocycles. The van der Waals surface area contributed by atoms with E-state index in [2.05, 4.69) is 59.0 Å². The van der Waals surface area contributed by atoms with Crippen LogP contribution >= 0.6 is 0 Å². The topological polar surface area (TPSA) is 58.6 Å². The lowest BCUT2D eigenvalue weighted by Crippen LogP contribution is -2.21. The first-order valence-electron chi connectivity index (χ1n) is 11.6. The molecule has 182 valence electrons. The lowest BCUT2D eigenvalue weighted by atomic mass is 9.76. The van der Waals surface area contributed by atoms with Gasteiger partial charge in [0.15, 0.2) is 11.6 Å². The van der Waals surface area contributed by atoms with Gasteiger partial charge in [0.05, 0.1) is 12.3 Å². The molecule has 0 spiro atoms. The molecule has 6 heteroatoms. The number of aromatic hydroxyl groups is 1. The number of phenols is 1. The highest BCUT2D eigenvalue weighted by molar-refractivity contribution is 5.92. The van der Waals surface area contributed by atoms with Gasteiger partial charge in [-0.05, 0) is 48.6 Å². The predicted octanol–water partition coefficient (Wildman–Crippen LogP) is 7.15. The average Bonchev–Trinajstić information content (AvgIpc) is 2.78. The van der Waals surface area contributed by atoms with Gasteiger partial charge < -0.3 is 15.2 Å². The van der Waals surface area contributed by atoms with Gasteiger partial charge in [-0.25, -0.2) is 8.78 Å². The minimum Gasteiger partial charge on any atom is -0.503 e. The van der Waals surface area contributed by atoms with Gasteiger partial charge in [-0.15, -0.1) is 0 Å². The van der Waals surface area contributed by atoms with Gasteiger partial charge in [0.1, 0.15) is 11.6 Å². The molecular weight excluding hydrogens is 424 g/mol. The number of hydrogen-bond donors (Lipinski definition) is 2. The van der Waals surface area contributed by atoms with Crippen molar-refractivity contribution in [2.45, 2.75) is 85.0 Å². The second kappa shape index (κ2) is 10.5. The molecule has 0 aliphatic heterocycles. The van der Waals surface area contributed by atoms with Crippen LogP contribution in [0, 0.1) is 18.6 Å². The van der Waals surface area contributed by atoms with E-state index in [9.17, 15) is 18.7 Å². The summed E-state index contributed by atoms with van der Waals surface area (Å²) in [5, 5.41) is 12.2. The van der Waals surface area contributed by atoms with Crippen LogP contribution in [-0.4, -0.2) is 17.6 Å². The van der Waals surface area contributed by atoms with Crippen molar-refractivity contribution in [2.24, 2.45) is 0 Å². The summed E-state index contributed by atoms with van der Waals surface area (Å²) in [5.41, 5.74) is 1.84. The molecule has 0 saturated heterocycles. The van der Waals surface area contributed by atoms with Crippen molar-refractivity contribution < 1.29 is 23.4 Å². The van der Waals surface area contributed by atoms with Crippen LogP contribution in [0.2, 0.25) is 0 Å². The van der Waals surface area contributed by atoms with Crippen LogP contribution in [0.4, 0.5) is 14.5 Å². The first-order valence-corrected chi connectivity index (χ1v) is 11.6. The molecule has 33 heavy (non-hydrogen) atoms. The van der Waals surface area contributed by atoms with Gasteiger partial charge in [-0.3, -0.25) is 4.79 Å². The molecule has 0 radical (unpaired) electrons. The van der Waals surface area contributed by atoms with Crippen molar-refractivity contribution in [1.29, 1.82) is 0 Å². The number of phenolic OH excluding ortho intramolecular Hbond substituents is 1. The van der Waals surface area contributed by atoms with Crippen molar-refractivity contribution in [2.75, 3.05) is 11.9 Å². The molecular formula is C27H37F2NO3. The number of rotatable bonds is 10. The van der Waals surface area contributed by atoms with Crippen LogP contribution in [0.1, 0.15) is 83.9 Å². The lowest BCUT2D eigenvalue weighted by molar-refractivity contribution is -0.116. The van der Waals surface area contributed by atoms with E-state index in [1.54, 1.807) is 0 Å². The van der Waals surface area contributed by atoms with Gasteiger partial charge in [0.25, 0.3) is 0 Å². The molecule has 0 unspecified atom stereocenters. The van der Waals surface area contributed by atoms with Crippen LogP contribution in [0.15, 0.2) is 24.3 Å². The van der Waals surface area contributed by atoms with E-state index in [0.717, 1.165) is 30.2 Å². The standard InChI is InChI=1S/C27H37F2NO3/c1-8-26(4,5)18-12-13-22(19(15-18)27(6,7)9-2)33-14-10-11-23(31)30-21-16-20(28)17(3)24(29)25(21)32/h12-13,15-16,32H,8-11,14H2,1-7H3,(H,30,31). The van der Waals surface area contributed by atoms with Gasteiger partial charge >= 0.3 is 0 Å². The van der Waals surface area contributed by atoms with Gasteiger partial charge in [-0.2, -0.15) is 0 Å². The van der Waals surface area contributed by atoms with E-state index in [1.165, 1.54) is 12.5 Å². The number of benzene rings is 2. The normalized spacial score (nSPS) is 12.0. The summed E-state index contributed by atoms with van der Waals surface area (Å²) in [6.07, 6.45) is 2.48. The quantitative estimate of drug-likeness (QED) is 0.292. The van der Waals surface area contributed by atoms with E-state index in [4.69, 9.17) is 4.74 Å². The summed E-state index contributed by atoms with van der Waals surface area (Å²) in [4.78, 5) is 12.2. The largest absolute Gasteiger partial charge is 0.503 e. The monoisotopic (exact) mass is 461 g/mol. The number of hydrogen-bond acceptors (Lipinski definition) is 3. The van der Waals surface area contributed by atoms with E-state index in [1.807, 2.05) is 6.07 Å². The molecule has 0 fully saturated rings. The maximum atomic E-state index is 13.8. The van der Waals surface area contributed by atoms with Crippen molar-refractivity contribution in [1.82, 2.24) is 0 Å². The maximum Gasteiger partial charge on any atom is 0.224 e. The minimum atomic E-state index is -1.07. The predicted molar refractivity (Wildman–Crippen MR) is 129 cm³/mol. The Morgan fingerprint density at radius 2 is 1.70 bits per heavy atom. The first-order chi connectivity index (χ1) is 15.3. The Balaban J connectivity index is 2.05.